The minimum absolute atomic E-state index is 0.0555. The second kappa shape index (κ2) is 7.69. The zero-order chi connectivity index (χ0) is 11.0. The molecule has 0 aliphatic rings. The average Bonchev–Trinajstić information content (AvgIpc) is 2.02. The van der Waals surface area contributed by atoms with Crippen molar-refractivity contribution in [3.05, 3.63) is 0 Å². The van der Waals surface area contributed by atoms with Gasteiger partial charge in [-0.2, -0.15) is 13.2 Å². The molecule has 0 bridgehead atoms. The second-order valence-corrected chi connectivity index (χ2v) is 4.95. The van der Waals surface area contributed by atoms with Crippen LogP contribution in [0.5, 0.6) is 0 Å². The molecule has 0 saturated carbocycles. The highest BCUT2D eigenvalue weighted by Crippen LogP contribution is 2.31. The summed E-state index contributed by atoms with van der Waals surface area (Å²) in [4.78, 5) is 0. The Morgan fingerprint density at radius 3 is 2.36 bits per heavy atom. The lowest BCUT2D eigenvalue weighted by Crippen LogP contribution is -2.02. The summed E-state index contributed by atoms with van der Waals surface area (Å²) in [5.74, 6) is 0.152. The third-order valence-electron chi connectivity index (χ3n) is 1.78. The van der Waals surface area contributed by atoms with Crippen LogP contribution in [0.25, 0.3) is 0 Å². The summed E-state index contributed by atoms with van der Waals surface area (Å²) in [7, 11) is 0. The summed E-state index contributed by atoms with van der Waals surface area (Å²) in [5, 5.41) is 0.135. The van der Waals surface area contributed by atoms with Crippen molar-refractivity contribution in [2.75, 3.05) is 5.75 Å². The summed E-state index contributed by atoms with van der Waals surface area (Å²) in [5.41, 5.74) is -4.08. The molecule has 0 aliphatic carbocycles. The minimum atomic E-state index is -4.08. The molecule has 0 fully saturated rings. The van der Waals surface area contributed by atoms with E-state index in [4.69, 9.17) is 11.6 Å². The maximum atomic E-state index is 11.7. The van der Waals surface area contributed by atoms with Crippen molar-refractivity contribution in [3.8, 4) is 0 Å². The quantitative estimate of drug-likeness (QED) is 0.460. The third kappa shape index (κ3) is 10.5. The Bertz CT molecular complexity index is 139. The molecule has 0 aromatic rings. The fourth-order valence-corrected chi connectivity index (χ4v) is 2.07. The lowest BCUT2D eigenvalue weighted by atomic mass is 10.1. The smallest absolute Gasteiger partial charge is 0.160 e. The maximum Gasteiger partial charge on any atom is 0.441 e. The number of hydrogen-bond acceptors (Lipinski definition) is 1. The van der Waals surface area contributed by atoms with Gasteiger partial charge >= 0.3 is 5.51 Å². The van der Waals surface area contributed by atoms with E-state index >= 15 is 0 Å². The first kappa shape index (κ1) is 14.4. The Labute approximate surface area is 92.6 Å². The first-order valence-electron chi connectivity index (χ1n) is 4.80. The van der Waals surface area contributed by atoms with Gasteiger partial charge in [-0.05, 0) is 19.3 Å². The molecule has 86 valence electrons. The molecular formula is C9H16ClF3S. The van der Waals surface area contributed by atoms with Crippen molar-refractivity contribution < 1.29 is 13.2 Å². The molecule has 0 spiro atoms. The van der Waals surface area contributed by atoms with Crippen LogP contribution in [0.3, 0.4) is 0 Å². The van der Waals surface area contributed by atoms with Gasteiger partial charge in [0.05, 0.1) is 0 Å². The van der Waals surface area contributed by atoms with Crippen LogP contribution in [0.15, 0.2) is 0 Å². The Kier molecular flexibility index (Phi) is 7.92. The van der Waals surface area contributed by atoms with Crippen molar-refractivity contribution in [1.82, 2.24) is 0 Å². The summed E-state index contributed by atoms with van der Waals surface area (Å²) in [6, 6.07) is 0. The average molecular weight is 249 g/mol. The van der Waals surface area contributed by atoms with Crippen LogP contribution in [0.4, 0.5) is 13.2 Å². The number of rotatable bonds is 7. The molecule has 0 aromatic carbocycles. The molecule has 1 unspecified atom stereocenters. The van der Waals surface area contributed by atoms with Gasteiger partial charge in [0.1, 0.15) is 0 Å². The summed E-state index contributed by atoms with van der Waals surface area (Å²) >= 11 is 5.98. The Hall–Kier alpha value is 0.430. The minimum Gasteiger partial charge on any atom is -0.160 e. The highest BCUT2D eigenvalue weighted by atomic mass is 35.5. The Morgan fingerprint density at radius 2 is 1.86 bits per heavy atom. The van der Waals surface area contributed by atoms with E-state index in [1.807, 2.05) is 0 Å². The Balaban J connectivity index is 3.21. The molecule has 0 N–H and O–H groups in total. The fraction of sp³-hybridized carbons (Fsp3) is 1.00. The number of hydrogen-bond donors (Lipinski definition) is 0. The van der Waals surface area contributed by atoms with E-state index in [1.165, 1.54) is 0 Å². The van der Waals surface area contributed by atoms with Crippen molar-refractivity contribution in [1.29, 1.82) is 0 Å². The van der Waals surface area contributed by atoms with Crippen LogP contribution < -0.4 is 0 Å². The zero-order valence-electron chi connectivity index (χ0n) is 8.24. The molecule has 5 heteroatoms. The number of alkyl halides is 4. The van der Waals surface area contributed by atoms with Crippen LogP contribution in [-0.2, 0) is 0 Å². The molecule has 0 rings (SSSR count). The fourth-order valence-electron chi connectivity index (χ4n) is 1.11. The predicted molar refractivity (Wildman–Crippen MR) is 56.9 cm³/mol. The van der Waals surface area contributed by atoms with Crippen LogP contribution in [0, 0.1) is 0 Å². The zero-order valence-corrected chi connectivity index (χ0v) is 9.81. The maximum absolute atomic E-state index is 11.7. The lowest BCUT2D eigenvalue weighted by molar-refractivity contribution is -0.0328. The summed E-state index contributed by atoms with van der Waals surface area (Å²) in [6.07, 6.45) is 4.20. The van der Waals surface area contributed by atoms with Crippen LogP contribution in [-0.4, -0.2) is 16.6 Å². The van der Waals surface area contributed by atoms with E-state index in [9.17, 15) is 13.2 Å². The van der Waals surface area contributed by atoms with E-state index in [1.54, 1.807) is 0 Å². The van der Waals surface area contributed by atoms with Gasteiger partial charge in [0.25, 0.3) is 0 Å². The van der Waals surface area contributed by atoms with Gasteiger partial charge in [-0.3, -0.25) is 0 Å². The largest absolute Gasteiger partial charge is 0.441 e. The molecule has 0 radical (unpaired) electrons. The molecule has 0 aromatic heterocycles. The molecule has 0 nitrogen and oxygen atoms in total. The first-order valence-corrected chi connectivity index (χ1v) is 6.22. The monoisotopic (exact) mass is 248 g/mol. The van der Waals surface area contributed by atoms with Gasteiger partial charge < -0.3 is 0 Å². The number of halogens is 4. The number of unbranched alkanes of at least 4 members (excludes halogenated alkanes) is 1. The SMILES string of the molecule is CCCC(Cl)CCCCSC(F)(F)F. The molecular weight excluding hydrogens is 233 g/mol. The molecule has 0 amide bonds. The van der Waals surface area contributed by atoms with Gasteiger partial charge in [0, 0.05) is 11.1 Å². The van der Waals surface area contributed by atoms with E-state index < -0.39 is 5.51 Å². The predicted octanol–water partition coefficient (Wildman–Crippen LogP) is 4.82. The van der Waals surface area contributed by atoms with E-state index in [0.29, 0.717) is 6.42 Å². The van der Waals surface area contributed by atoms with Crippen molar-refractivity contribution in [2.45, 2.75) is 49.9 Å². The molecule has 14 heavy (non-hydrogen) atoms. The first-order chi connectivity index (χ1) is 6.45. The normalized spacial score (nSPS) is 14.4. The van der Waals surface area contributed by atoms with E-state index in [0.717, 1.165) is 25.7 Å². The second-order valence-electron chi connectivity index (χ2n) is 3.18. The number of thioether (sulfide) groups is 1. The highest BCUT2D eigenvalue weighted by molar-refractivity contribution is 8.00. The molecule has 1 atom stereocenters. The third-order valence-corrected chi connectivity index (χ3v) is 3.04. The molecule has 0 heterocycles. The highest BCUT2D eigenvalue weighted by Gasteiger charge is 2.27. The summed E-state index contributed by atoms with van der Waals surface area (Å²) < 4.78 is 35.1. The Morgan fingerprint density at radius 1 is 1.21 bits per heavy atom. The lowest BCUT2D eigenvalue weighted by Gasteiger charge is -2.08. The summed E-state index contributed by atoms with van der Waals surface area (Å²) in [6.45, 7) is 2.05. The van der Waals surface area contributed by atoms with Crippen molar-refractivity contribution >= 4 is 23.4 Å². The van der Waals surface area contributed by atoms with Gasteiger partial charge in [0.15, 0.2) is 0 Å². The van der Waals surface area contributed by atoms with Crippen LogP contribution >= 0.6 is 23.4 Å². The van der Waals surface area contributed by atoms with E-state index in [2.05, 4.69) is 6.92 Å². The molecule has 0 saturated heterocycles. The molecule has 0 aliphatic heterocycles. The van der Waals surface area contributed by atoms with Gasteiger partial charge in [-0.25, -0.2) is 0 Å². The van der Waals surface area contributed by atoms with Crippen LogP contribution in [0.2, 0.25) is 0 Å². The van der Waals surface area contributed by atoms with Crippen molar-refractivity contribution in [3.63, 3.8) is 0 Å². The van der Waals surface area contributed by atoms with Gasteiger partial charge in [-0.1, -0.05) is 31.5 Å². The van der Waals surface area contributed by atoms with Gasteiger partial charge in [0.2, 0.25) is 0 Å². The van der Waals surface area contributed by atoms with Gasteiger partial charge in [-0.15, -0.1) is 11.6 Å². The van der Waals surface area contributed by atoms with Crippen molar-refractivity contribution in [2.24, 2.45) is 0 Å². The topological polar surface area (TPSA) is 0 Å². The van der Waals surface area contributed by atoms with E-state index in [-0.39, 0.29) is 22.9 Å². The standard InChI is InChI=1S/C9H16ClF3S/c1-2-5-8(10)6-3-4-7-14-9(11,12)13/h8H,2-7H2,1H3. The van der Waals surface area contributed by atoms with Crippen LogP contribution in [0.1, 0.15) is 39.0 Å².